The molecular formula is C56H116N4O2S2+2. The predicted molar refractivity (Wildman–Crippen MR) is 291 cm³/mol. The number of nitrogens with zero attached hydrogens (tertiary/aromatic N) is 2. The van der Waals surface area contributed by atoms with Crippen LogP contribution in [0.3, 0.4) is 0 Å². The molecule has 0 radical (unpaired) electrons. The molecule has 0 rings (SSSR count). The molecule has 0 aromatic carbocycles. The van der Waals surface area contributed by atoms with Gasteiger partial charge < -0.3 is 19.6 Å². The van der Waals surface area contributed by atoms with Gasteiger partial charge in [-0.15, -0.1) is 0 Å². The van der Waals surface area contributed by atoms with Crippen LogP contribution in [0.1, 0.15) is 273 Å². The van der Waals surface area contributed by atoms with Gasteiger partial charge >= 0.3 is 0 Å². The highest BCUT2D eigenvalue weighted by Crippen LogP contribution is 2.24. The minimum Gasteiger partial charge on any atom is -0.356 e. The number of rotatable bonds is 53. The van der Waals surface area contributed by atoms with Crippen molar-refractivity contribution in [3.8, 4) is 0 Å². The fourth-order valence-electron chi connectivity index (χ4n) is 9.67. The van der Waals surface area contributed by atoms with Crippen LogP contribution in [0.15, 0.2) is 0 Å². The molecule has 0 saturated carbocycles. The average Bonchev–Trinajstić information content (AvgIpc) is 3.31. The van der Waals surface area contributed by atoms with Crippen molar-refractivity contribution >= 4 is 33.4 Å². The maximum absolute atomic E-state index is 12.2. The van der Waals surface area contributed by atoms with Crippen molar-refractivity contribution in [2.45, 2.75) is 273 Å². The zero-order chi connectivity index (χ0) is 46.9. The minimum absolute atomic E-state index is 0.256. The van der Waals surface area contributed by atoms with Gasteiger partial charge in [0.25, 0.3) is 0 Å². The third-order valence-electron chi connectivity index (χ3n) is 15.1. The molecule has 0 unspecified atom stereocenters. The van der Waals surface area contributed by atoms with Gasteiger partial charge in [0.05, 0.1) is 52.4 Å². The molecule has 0 fully saturated rings. The standard InChI is InChI=1S/C56H114N4O2S2/c1-7-59(8-2,9-3)51-43-35-29-25-21-17-13-15-19-23-27-31-39-47-55(61)57-49-41-33-37-45-53-63-64-54-46-38-34-42-50-58-56(62)48-40-32-28-24-20-16-14-18-22-26-30-36-44-52-60(10-4,11-5)12-6/h7-54H2,1-6H3/p+2. The molecule has 0 aromatic rings. The van der Waals surface area contributed by atoms with E-state index in [0.29, 0.717) is 12.8 Å². The van der Waals surface area contributed by atoms with E-state index in [9.17, 15) is 9.59 Å². The van der Waals surface area contributed by atoms with Crippen LogP contribution >= 0.6 is 21.6 Å². The quantitative estimate of drug-likeness (QED) is 0.0362. The third-order valence-corrected chi connectivity index (χ3v) is 17.7. The normalized spacial score (nSPS) is 12.0. The first kappa shape index (κ1) is 63.6. The summed E-state index contributed by atoms with van der Waals surface area (Å²) in [4.78, 5) is 24.4. The van der Waals surface area contributed by atoms with Crippen LogP contribution in [-0.4, -0.2) is 97.7 Å². The molecule has 2 N–H and O–H groups in total. The minimum atomic E-state index is 0.256. The lowest BCUT2D eigenvalue weighted by atomic mass is 10.0. The van der Waals surface area contributed by atoms with Gasteiger partial charge in [0, 0.05) is 37.4 Å². The van der Waals surface area contributed by atoms with Gasteiger partial charge in [0.1, 0.15) is 0 Å². The maximum Gasteiger partial charge on any atom is 0.219 e. The Hall–Kier alpha value is -0.440. The topological polar surface area (TPSA) is 58.2 Å². The van der Waals surface area contributed by atoms with Crippen LogP contribution in [0, 0.1) is 0 Å². The molecule has 6 nitrogen and oxygen atoms in total. The predicted octanol–water partition coefficient (Wildman–Crippen LogP) is 16.4. The number of hydrogen-bond acceptors (Lipinski definition) is 4. The summed E-state index contributed by atoms with van der Waals surface area (Å²) in [7, 11) is 4.06. The Labute approximate surface area is 410 Å². The zero-order valence-corrected chi connectivity index (χ0v) is 46.1. The van der Waals surface area contributed by atoms with E-state index in [4.69, 9.17) is 0 Å². The molecule has 0 aliphatic rings. The number of quaternary nitrogens is 2. The van der Waals surface area contributed by atoms with Crippen LogP contribution in [0.5, 0.6) is 0 Å². The molecule has 0 spiro atoms. The van der Waals surface area contributed by atoms with Gasteiger partial charge in [-0.3, -0.25) is 9.59 Å². The van der Waals surface area contributed by atoms with Crippen LogP contribution < -0.4 is 10.6 Å². The van der Waals surface area contributed by atoms with Gasteiger partial charge in [0.15, 0.2) is 0 Å². The summed E-state index contributed by atoms with van der Waals surface area (Å²) in [5.74, 6) is 2.98. The Morgan fingerprint density at radius 2 is 0.516 bits per heavy atom. The van der Waals surface area contributed by atoms with Crippen molar-refractivity contribution in [2.75, 3.05) is 77.0 Å². The van der Waals surface area contributed by atoms with E-state index in [0.717, 1.165) is 38.8 Å². The van der Waals surface area contributed by atoms with Gasteiger partial charge in [-0.25, -0.2) is 0 Å². The maximum atomic E-state index is 12.2. The van der Waals surface area contributed by atoms with E-state index >= 15 is 0 Å². The fraction of sp³-hybridized carbons (Fsp3) is 0.964. The number of carbonyl (C=O) groups is 2. The molecular weight excluding hydrogens is 825 g/mol. The fourth-order valence-corrected chi connectivity index (χ4v) is 12.0. The lowest BCUT2D eigenvalue weighted by Gasteiger charge is -2.35. The highest BCUT2D eigenvalue weighted by atomic mass is 33.1. The monoisotopic (exact) mass is 941 g/mol. The molecule has 64 heavy (non-hydrogen) atoms. The van der Waals surface area contributed by atoms with Crippen LogP contribution in [0.25, 0.3) is 0 Å². The molecule has 0 aliphatic carbocycles. The molecule has 0 bridgehead atoms. The van der Waals surface area contributed by atoms with E-state index in [-0.39, 0.29) is 11.8 Å². The summed E-state index contributed by atoms with van der Waals surface area (Å²) in [5, 5.41) is 6.30. The summed E-state index contributed by atoms with van der Waals surface area (Å²) in [6.45, 7) is 26.3. The summed E-state index contributed by atoms with van der Waals surface area (Å²) in [6, 6.07) is 0. The van der Waals surface area contributed by atoms with Crippen molar-refractivity contribution in [2.24, 2.45) is 0 Å². The first-order chi connectivity index (χ1) is 31.4. The van der Waals surface area contributed by atoms with Gasteiger partial charge in [-0.05, 0) is 106 Å². The van der Waals surface area contributed by atoms with Gasteiger partial charge in [0.2, 0.25) is 11.8 Å². The number of unbranched alkanes of at least 4 members (excludes halogenated alkanes) is 30. The van der Waals surface area contributed by atoms with E-state index in [1.54, 1.807) is 0 Å². The third kappa shape index (κ3) is 40.6. The van der Waals surface area contributed by atoms with E-state index in [1.165, 1.54) is 265 Å². The van der Waals surface area contributed by atoms with Gasteiger partial charge in [-0.1, -0.05) is 176 Å². The first-order valence-corrected chi connectivity index (χ1v) is 31.3. The van der Waals surface area contributed by atoms with Crippen LogP contribution in [0.4, 0.5) is 0 Å². The van der Waals surface area contributed by atoms with Crippen LogP contribution in [0.2, 0.25) is 0 Å². The van der Waals surface area contributed by atoms with E-state index in [2.05, 4.69) is 52.2 Å². The average molecular weight is 942 g/mol. The molecule has 0 aromatic heterocycles. The number of amides is 2. The summed E-state index contributed by atoms with van der Waals surface area (Å²) in [6.07, 6.45) is 46.3. The van der Waals surface area contributed by atoms with Crippen molar-refractivity contribution in [1.29, 1.82) is 0 Å². The lowest BCUT2D eigenvalue weighted by Crippen LogP contribution is -2.48. The highest BCUT2D eigenvalue weighted by Gasteiger charge is 2.20. The molecule has 0 saturated heterocycles. The molecule has 382 valence electrons. The van der Waals surface area contributed by atoms with Crippen molar-refractivity contribution in [1.82, 2.24) is 10.6 Å². The molecule has 2 amide bonds. The molecule has 8 heteroatoms. The lowest BCUT2D eigenvalue weighted by molar-refractivity contribution is -0.923. The summed E-state index contributed by atoms with van der Waals surface area (Å²) < 4.78 is 2.61. The SMILES string of the molecule is CC[N+](CC)(CC)CCCCCCCCCCCCCCCC(=O)NCCCCCCSSCCCCCCNC(=O)CCCCCCCCCCCCCCC[N+](CC)(CC)CC. The first-order valence-electron chi connectivity index (χ1n) is 28.8. The number of carbonyl (C=O) groups excluding carboxylic acids is 2. The molecule has 0 atom stereocenters. The Bertz CT molecular complexity index is 884. The summed E-state index contributed by atoms with van der Waals surface area (Å²) in [5.41, 5.74) is 0. The van der Waals surface area contributed by atoms with E-state index < -0.39 is 0 Å². The van der Waals surface area contributed by atoms with Crippen molar-refractivity contribution in [3.63, 3.8) is 0 Å². The zero-order valence-electron chi connectivity index (χ0n) is 44.5. The number of nitrogens with one attached hydrogen (secondary N) is 2. The highest BCUT2D eigenvalue weighted by molar-refractivity contribution is 8.76. The van der Waals surface area contributed by atoms with Crippen molar-refractivity contribution in [3.05, 3.63) is 0 Å². The summed E-state index contributed by atoms with van der Waals surface area (Å²) >= 11 is 0. The van der Waals surface area contributed by atoms with E-state index in [1.807, 2.05) is 21.6 Å². The molecule has 0 aliphatic heterocycles. The second kappa shape index (κ2) is 49.0. The Morgan fingerprint density at radius 1 is 0.297 bits per heavy atom. The van der Waals surface area contributed by atoms with Crippen LogP contribution in [-0.2, 0) is 9.59 Å². The van der Waals surface area contributed by atoms with Gasteiger partial charge in [-0.2, -0.15) is 0 Å². The number of hydrogen-bond donors (Lipinski definition) is 2. The Morgan fingerprint density at radius 3 is 0.781 bits per heavy atom. The van der Waals surface area contributed by atoms with Crippen molar-refractivity contribution < 1.29 is 18.6 Å². The second-order valence-corrected chi connectivity index (χ2v) is 22.6. The molecule has 0 heterocycles. The Balaban J connectivity index is 3.29. The Kier molecular flexibility index (Phi) is 48.7. The smallest absolute Gasteiger partial charge is 0.219 e. The largest absolute Gasteiger partial charge is 0.356 e. The second-order valence-electron chi connectivity index (χ2n) is 19.9.